The van der Waals surface area contributed by atoms with E-state index >= 15 is 0 Å². The molecule has 0 radical (unpaired) electrons. The number of nitrogens with one attached hydrogen (secondary N) is 1. The summed E-state index contributed by atoms with van der Waals surface area (Å²) in [6.45, 7) is 0. The van der Waals surface area contributed by atoms with Gasteiger partial charge in [0.25, 0.3) is 5.91 Å². The first kappa shape index (κ1) is 18.1. The Bertz CT molecular complexity index is 1040. The van der Waals surface area contributed by atoms with Crippen LogP contribution in [0.1, 0.15) is 5.56 Å². The van der Waals surface area contributed by atoms with Crippen LogP contribution in [-0.4, -0.2) is 18.2 Å². The maximum Gasteiger partial charge on any atom is 0.271 e. The number of nitrogens with zero attached hydrogens (tertiary/aromatic N) is 1. The van der Waals surface area contributed by atoms with Gasteiger partial charge in [-0.15, -0.1) is 0 Å². The van der Waals surface area contributed by atoms with Gasteiger partial charge < -0.3 is 4.74 Å². The highest BCUT2D eigenvalue weighted by atomic mass is 32.2. The quantitative estimate of drug-likeness (QED) is 0.609. The summed E-state index contributed by atoms with van der Waals surface area (Å²) < 4.78 is 5.15. The van der Waals surface area contributed by atoms with Crippen molar-refractivity contribution in [3.63, 3.8) is 0 Å². The van der Waals surface area contributed by atoms with Crippen LogP contribution in [0.4, 0.5) is 5.69 Å². The summed E-state index contributed by atoms with van der Waals surface area (Å²) in [4.78, 5) is 14.8. The molecule has 1 fully saturated rings. The minimum Gasteiger partial charge on any atom is -0.497 e. The van der Waals surface area contributed by atoms with Crippen molar-refractivity contribution in [1.82, 2.24) is 0 Å². The van der Waals surface area contributed by atoms with Gasteiger partial charge in [-0.05, 0) is 58.8 Å². The van der Waals surface area contributed by atoms with Crippen molar-refractivity contribution >= 4 is 34.6 Å². The summed E-state index contributed by atoms with van der Waals surface area (Å²) >= 11 is 1.17. The number of carbonyl (C=O) groups excluding carboxylic acids is 1. The molecule has 28 heavy (non-hydrogen) atoms. The van der Waals surface area contributed by atoms with Gasteiger partial charge in [0.15, 0.2) is 5.17 Å². The van der Waals surface area contributed by atoms with Crippen LogP contribution in [0.15, 0.2) is 83.8 Å². The molecule has 4 rings (SSSR count). The maximum absolute atomic E-state index is 12.8. The number of rotatable bonds is 4. The molecule has 0 spiro atoms. The molecule has 0 saturated carbocycles. The SMILES string of the molecule is COc1ccc(N2C(=N)S/C(=C\c3ccc(-c4ccccc4)cc3)C2=O)cc1. The topological polar surface area (TPSA) is 53.4 Å². The van der Waals surface area contributed by atoms with E-state index in [4.69, 9.17) is 10.1 Å². The monoisotopic (exact) mass is 386 g/mol. The van der Waals surface area contributed by atoms with E-state index in [1.807, 2.05) is 48.5 Å². The van der Waals surface area contributed by atoms with E-state index in [-0.39, 0.29) is 11.1 Å². The Balaban J connectivity index is 1.56. The van der Waals surface area contributed by atoms with Crippen LogP contribution in [0.5, 0.6) is 5.75 Å². The molecule has 0 aromatic heterocycles. The highest BCUT2D eigenvalue weighted by Crippen LogP contribution is 2.35. The van der Waals surface area contributed by atoms with E-state index in [2.05, 4.69) is 12.1 Å². The molecule has 1 aliphatic heterocycles. The number of methoxy groups -OCH3 is 1. The first-order chi connectivity index (χ1) is 13.7. The van der Waals surface area contributed by atoms with Gasteiger partial charge >= 0.3 is 0 Å². The number of amides is 1. The summed E-state index contributed by atoms with van der Waals surface area (Å²) in [6.07, 6.45) is 1.83. The molecule has 1 amide bonds. The Hall–Kier alpha value is -3.31. The predicted molar refractivity (Wildman–Crippen MR) is 116 cm³/mol. The van der Waals surface area contributed by atoms with Crippen molar-refractivity contribution in [3.8, 4) is 16.9 Å². The summed E-state index contributed by atoms with van der Waals surface area (Å²) in [5, 5.41) is 8.41. The zero-order valence-corrected chi connectivity index (χ0v) is 16.1. The third-order valence-corrected chi connectivity index (χ3v) is 5.36. The van der Waals surface area contributed by atoms with Crippen LogP contribution in [0, 0.1) is 5.41 Å². The Morgan fingerprint density at radius 2 is 1.54 bits per heavy atom. The van der Waals surface area contributed by atoms with E-state index in [0.29, 0.717) is 16.3 Å². The Morgan fingerprint density at radius 1 is 0.893 bits per heavy atom. The molecule has 138 valence electrons. The third kappa shape index (κ3) is 3.57. The van der Waals surface area contributed by atoms with Crippen molar-refractivity contribution in [2.75, 3.05) is 12.0 Å². The highest BCUT2D eigenvalue weighted by Gasteiger charge is 2.33. The molecule has 1 heterocycles. The smallest absolute Gasteiger partial charge is 0.271 e. The summed E-state index contributed by atoms with van der Waals surface area (Å²) in [5.41, 5.74) is 3.87. The average molecular weight is 386 g/mol. The van der Waals surface area contributed by atoms with E-state index < -0.39 is 0 Å². The second kappa shape index (κ2) is 7.74. The van der Waals surface area contributed by atoms with Crippen LogP contribution < -0.4 is 9.64 Å². The zero-order valence-electron chi connectivity index (χ0n) is 15.3. The maximum atomic E-state index is 12.8. The number of ether oxygens (including phenoxy) is 1. The Labute approximate surface area is 168 Å². The third-order valence-electron chi connectivity index (χ3n) is 4.47. The summed E-state index contributed by atoms with van der Waals surface area (Å²) in [5.74, 6) is 0.524. The number of anilines is 1. The predicted octanol–water partition coefficient (Wildman–Crippen LogP) is 5.42. The van der Waals surface area contributed by atoms with Crippen molar-refractivity contribution in [2.45, 2.75) is 0 Å². The lowest BCUT2D eigenvalue weighted by atomic mass is 10.0. The first-order valence-corrected chi connectivity index (χ1v) is 9.59. The van der Waals surface area contributed by atoms with E-state index in [9.17, 15) is 4.79 Å². The average Bonchev–Trinajstić information content (AvgIpc) is 3.02. The summed E-state index contributed by atoms with van der Waals surface area (Å²) in [6, 6.07) is 25.3. The molecular weight excluding hydrogens is 368 g/mol. The zero-order chi connectivity index (χ0) is 19.5. The van der Waals surface area contributed by atoms with Crippen molar-refractivity contribution in [3.05, 3.63) is 89.3 Å². The number of amidine groups is 1. The number of carbonyl (C=O) groups is 1. The van der Waals surface area contributed by atoms with Gasteiger partial charge in [-0.1, -0.05) is 54.6 Å². The minimum absolute atomic E-state index is 0.188. The van der Waals surface area contributed by atoms with Crippen LogP contribution in [-0.2, 0) is 4.79 Å². The van der Waals surface area contributed by atoms with Gasteiger partial charge in [-0.2, -0.15) is 0 Å². The van der Waals surface area contributed by atoms with E-state index in [0.717, 1.165) is 16.7 Å². The fraction of sp³-hybridized carbons (Fsp3) is 0.0435. The lowest BCUT2D eigenvalue weighted by Crippen LogP contribution is -2.27. The van der Waals surface area contributed by atoms with Gasteiger partial charge in [0.05, 0.1) is 17.7 Å². The van der Waals surface area contributed by atoms with Crippen LogP contribution in [0.25, 0.3) is 17.2 Å². The molecule has 3 aromatic carbocycles. The van der Waals surface area contributed by atoms with Gasteiger partial charge in [-0.25, -0.2) is 0 Å². The molecule has 0 unspecified atom stereocenters. The Kier molecular flexibility index (Phi) is 5.00. The van der Waals surface area contributed by atoms with Crippen LogP contribution >= 0.6 is 11.8 Å². The lowest BCUT2D eigenvalue weighted by Gasteiger charge is -2.14. The fourth-order valence-electron chi connectivity index (χ4n) is 3.01. The van der Waals surface area contributed by atoms with Crippen molar-refractivity contribution in [2.24, 2.45) is 0 Å². The molecule has 0 bridgehead atoms. The second-order valence-electron chi connectivity index (χ2n) is 6.24. The molecule has 5 heteroatoms. The number of benzene rings is 3. The number of hydrogen-bond donors (Lipinski definition) is 1. The Morgan fingerprint density at radius 3 is 2.18 bits per heavy atom. The first-order valence-electron chi connectivity index (χ1n) is 8.78. The van der Waals surface area contributed by atoms with Crippen molar-refractivity contribution in [1.29, 1.82) is 5.41 Å². The van der Waals surface area contributed by atoms with Gasteiger partial charge in [-0.3, -0.25) is 15.1 Å². The molecule has 4 nitrogen and oxygen atoms in total. The molecule has 1 N–H and O–H groups in total. The molecular formula is C23H18N2O2S. The molecule has 0 atom stereocenters. The van der Waals surface area contributed by atoms with Gasteiger partial charge in [0.2, 0.25) is 0 Å². The number of hydrogen-bond acceptors (Lipinski definition) is 4. The standard InChI is InChI=1S/C23H18N2O2S/c1-27-20-13-11-19(12-14-20)25-22(26)21(28-23(25)24)15-16-7-9-18(10-8-16)17-5-3-2-4-6-17/h2-15,24H,1H3/b21-15-,24-23?. The highest BCUT2D eigenvalue weighted by molar-refractivity contribution is 8.19. The van der Waals surface area contributed by atoms with Crippen LogP contribution in [0.3, 0.4) is 0 Å². The second-order valence-corrected chi connectivity index (χ2v) is 7.27. The normalized spacial score (nSPS) is 15.3. The molecule has 1 aliphatic rings. The summed E-state index contributed by atoms with van der Waals surface area (Å²) in [7, 11) is 1.60. The van der Waals surface area contributed by atoms with Gasteiger partial charge in [0, 0.05) is 0 Å². The van der Waals surface area contributed by atoms with E-state index in [1.165, 1.54) is 16.7 Å². The largest absolute Gasteiger partial charge is 0.497 e. The molecule has 1 saturated heterocycles. The fourth-order valence-corrected chi connectivity index (χ4v) is 3.87. The molecule has 3 aromatic rings. The lowest BCUT2D eigenvalue weighted by molar-refractivity contribution is -0.113. The van der Waals surface area contributed by atoms with E-state index in [1.54, 1.807) is 31.4 Å². The number of thioether (sulfide) groups is 1. The van der Waals surface area contributed by atoms with Gasteiger partial charge in [0.1, 0.15) is 5.75 Å². The van der Waals surface area contributed by atoms with Crippen LogP contribution in [0.2, 0.25) is 0 Å². The van der Waals surface area contributed by atoms with Crippen molar-refractivity contribution < 1.29 is 9.53 Å². The molecule has 0 aliphatic carbocycles. The minimum atomic E-state index is -0.188.